The van der Waals surface area contributed by atoms with E-state index in [1.54, 1.807) is 7.05 Å². The summed E-state index contributed by atoms with van der Waals surface area (Å²) in [6, 6.07) is 10.2. The largest absolute Gasteiger partial charge is 0.465 e. The molecule has 146 valence electrons. The Morgan fingerprint density at radius 3 is 2.35 bits per heavy atom. The van der Waals surface area contributed by atoms with Crippen molar-refractivity contribution in [1.82, 2.24) is 9.96 Å². The molecule has 5 nitrogen and oxygen atoms in total. The molecule has 2 atom stereocenters. The predicted octanol–water partition coefficient (Wildman–Crippen LogP) is 5.09. The number of hydrogen-bond acceptors (Lipinski definition) is 3. The second-order valence-electron chi connectivity index (χ2n) is 8.15. The molecule has 1 N–H and O–H groups in total. The van der Waals surface area contributed by atoms with E-state index in [1.807, 2.05) is 18.2 Å². The normalized spacial score (nSPS) is 23.4. The molecule has 2 unspecified atom stereocenters. The highest BCUT2D eigenvalue weighted by Gasteiger charge is 2.51. The van der Waals surface area contributed by atoms with Gasteiger partial charge >= 0.3 is 6.09 Å². The zero-order valence-electron chi connectivity index (χ0n) is 17.0. The van der Waals surface area contributed by atoms with Gasteiger partial charge in [0.2, 0.25) is 0 Å². The van der Waals surface area contributed by atoms with Crippen molar-refractivity contribution < 1.29 is 14.7 Å². The fraction of sp³-hybridized carbons (Fsp3) is 0.667. The molecule has 26 heavy (non-hydrogen) atoms. The van der Waals surface area contributed by atoms with Gasteiger partial charge in [0.1, 0.15) is 6.10 Å². The molecule has 1 aromatic carbocycles. The molecule has 0 spiro atoms. The smallest absolute Gasteiger partial charge is 0.407 e. The molecule has 1 aliphatic rings. The van der Waals surface area contributed by atoms with E-state index >= 15 is 0 Å². The summed E-state index contributed by atoms with van der Waals surface area (Å²) >= 11 is 0. The fourth-order valence-corrected chi connectivity index (χ4v) is 4.35. The molecule has 1 amide bonds. The minimum Gasteiger partial charge on any atom is -0.465 e. The first kappa shape index (κ1) is 20.7. The number of benzene rings is 1. The van der Waals surface area contributed by atoms with Gasteiger partial charge in [0.15, 0.2) is 0 Å². The Kier molecular flexibility index (Phi) is 6.35. The van der Waals surface area contributed by atoms with Crippen molar-refractivity contribution in [1.29, 1.82) is 0 Å². The first-order valence-corrected chi connectivity index (χ1v) is 9.64. The molecule has 1 heterocycles. The average Bonchev–Trinajstić information content (AvgIpc) is 2.62. The third-order valence-electron chi connectivity index (χ3n) is 6.03. The van der Waals surface area contributed by atoms with Gasteiger partial charge in [-0.2, -0.15) is 5.06 Å². The van der Waals surface area contributed by atoms with E-state index in [2.05, 4.69) is 51.8 Å². The Morgan fingerprint density at radius 2 is 1.85 bits per heavy atom. The Morgan fingerprint density at radius 1 is 1.27 bits per heavy atom. The summed E-state index contributed by atoms with van der Waals surface area (Å²) in [6.07, 6.45) is 2.45. The molecule has 0 aromatic heterocycles. The summed E-state index contributed by atoms with van der Waals surface area (Å²) in [5, 5.41) is 11.6. The fourth-order valence-electron chi connectivity index (χ4n) is 4.35. The summed E-state index contributed by atoms with van der Waals surface area (Å²) < 4.78 is 0. The number of rotatable bonds is 6. The van der Waals surface area contributed by atoms with Crippen molar-refractivity contribution in [3.8, 4) is 0 Å². The van der Waals surface area contributed by atoms with Crippen molar-refractivity contribution in [3.63, 3.8) is 0 Å². The van der Waals surface area contributed by atoms with Crippen molar-refractivity contribution >= 4 is 6.09 Å². The van der Waals surface area contributed by atoms with Crippen LogP contribution in [-0.4, -0.2) is 45.3 Å². The van der Waals surface area contributed by atoms with E-state index in [-0.39, 0.29) is 23.2 Å². The summed E-state index contributed by atoms with van der Waals surface area (Å²) in [4.78, 5) is 19.5. The van der Waals surface area contributed by atoms with Gasteiger partial charge in [-0.25, -0.2) is 4.79 Å². The standard InChI is InChI=1S/C21H34N2O3/c1-7-21(8-2)15-18(22(6)19(24)25)14-20(4,5)23(21)26-16(3)17-12-10-9-11-13-17/h9-13,16,18H,7-8,14-15H2,1-6H3,(H,24,25). The van der Waals surface area contributed by atoms with E-state index < -0.39 is 6.09 Å². The van der Waals surface area contributed by atoms with Crippen LogP contribution < -0.4 is 0 Å². The number of piperidine rings is 1. The monoisotopic (exact) mass is 362 g/mol. The van der Waals surface area contributed by atoms with Crippen LogP contribution in [0.15, 0.2) is 30.3 Å². The highest BCUT2D eigenvalue weighted by molar-refractivity contribution is 5.65. The average molecular weight is 363 g/mol. The molecule has 1 aliphatic heterocycles. The zero-order valence-corrected chi connectivity index (χ0v) is 17.0. The van der Waals surface area contributed by atoms with E-state index in [9.17, 15) is 9.90 Å². The van der Waals surface area contributed by atoms with Crippen LogP contribution in [0.3, 0.4) is 0 Å². The number of hydrogen-bond donors (Lipinski definition) is 1. The SMILES string of the molecule is CCC1(CC)CC(N(C)C(=O)O)CC(C)(C)N1OC(C)c1ccccc1. The van der Waals surface area contributed by atoms with Crippen molar-refractivity contribution in [2.24, 2.45) is 0 Å². The number of carboxylic acid groups (broad SMARTS) is 1. The molecule has 0 bridgehead atoms. The van der Waals surface area contributed by atoms with Crippen LogP contribution >= 0.6 is 0 Å². The first-order chi connectivity index (χ1) is 12.2. The van der Waals surface area contributed by atoms with E-state index in [1.165, 1.54) is 4.90 Å². The van der Waals surface area contributed by atoms with Crippen LogP contribution in [0.1, 0.15) is 72.0 Å². The highest BCUT2D eigenvalue weighted by atomic mass is 16.7. The lowest BCUT2D eigenvalue weighted by atomic mass is 9.74. The number of amides is 1. The molecule has 5 heteroatoms. The van der Waals surface area contributed by atoms with Gasteiger partial charge < -0.3 is 10.0 Å². The van der Waals surface area contributed by atoms with E-state index in [0.29, 0.717) is 0 Å². The Bertz CT molecular complexity index is 599. The van der Waals surface area contributed by atoms with Crippen LogP contribution in [0.2, 0.25) is 0 Å². The molecule has 0 aliphatic carbocycles. The molecule has 1 saturated heterocycles. The first-order valence-electron chi connectivity index (χ1n) is 9.64. The lowest BCUT2D eigenvalue weighted by molar-refractivity contribution is -0.318. The molecular weight excluding hydrogens is 328 g/mol. The predicted molar refractivity (Wildman–Crippen MR) is 104 cm³/mol. The van der Waals surface area contributed by atoms with Gasteiger partial charge in [0.05, 0.1) is 0 Å². The lowest BCUT2D eigenvalue weighted by Crippen LogP contribution is -2.66. The Hall–Kier alpha value is -1.59. The maximum absolute atomic E-state index is 11.5. The van der Waals surface area contributed by atoms with Gasteiger partial charge in [-0.3, -0.25) is 4.84 Å². The number of carbonyl (C=O) groups is 1. The van der Waals surface area contributed by atoms with Crippen LogP contribution in [0.5, 0.6) is 0 Å². The van der Waals surface area contributed by atoms with Gasteiger partial charge in [-0.05, 0) is 52.0 Å². The van der Waals surface area contributed by atoms with Gasteiger partial charge in [-0.1, -0.05) is 44.2 Å². The molecule has 0 radical (unpaired) electrons. The summed E-state index contributed by atoms with van der Waals surface area (Å²) in [5.74, 6) is 0. The second kappa shape index (κ2) is 7.97. The Balaban J connectivity index is 2.32. The topological polar surface area (TPSA) is 53.0 Å². The summed E-state index contributed by atoms with van der Waals surface area (Å²) in [6.45, 7) is 10.7. The minimum absolute atomic E-state index is 0.00529. The van der Waals surface area contributed by atoms with Crippen LogP contribution in [0, 0.1) is 0 Å². The quantitative estimate of drug-likeness (QED) is 0.766. The van der Waals surface area contributed by atoms with Crippen molar-refractivity contribution in [2.75, 3.05) is 7.05 Å². The molecule has 2 rings (SSSR count). The third-order valence-corrected chi connectivity index (χ3v) is 6.03. The van der Waals surface area contributed by atoms with Gasteiger partial charge in [0.25, 0.3) is 0 Å². The number of hydroxylamine groups is 2. The summed E-state index contributed by atoms with van der Waals surface area (Å²) in [5.41, 5.74) is 0.704. The minimum atomic E-state index is -0.862. The Labute approximate surface area is 157 Å². The van der Waals surface area contributed by atoms with Crippen molar-refractivity contribution in [2.45, 2.75) is 83.5 Å². The third kappa shape index (κ3) is 4.04. The number of nitrogens with zero attached hydrogens (tertiary/aromatic N) is 2. The maximum Gasteiger partial charge on any atom is 0.407 e. The molecule has 1 fully saturated rings. The molecule has 1 aromatic rings. The van der Waals surface area contributed by atoms with Crippen LogP contribution in [-0.2, 0) is 4.84 Å². The van der Waals surface area contributed by atoms with E-state index in [4.69, 9.17) is 4.84 Å². The lowest BCUT2D eigenvalue weighted by Gasteiger charge is -2.57. The molecular formula is C21H34N2O3. The maximum atomic E-state index is 11.5. The highest BCUT2D eigenvalue weighted by Crippen LogP contribution is 2.45. The van der Waals surface area contributed by atoms with Crippen LogP contribution in [0.25, 0.3) is 0 Å². The second-order valence-corrected chi connectivity index (χ2v) is 8.15. The van der Waals surface area contributed by atoms with Gasteiger partial charge in [-0.15, -0.1) is 0 Å². The van der Waals surface area contributed by atoms with Crippen molar-refractivity contribution in [3.05, 3.63) is 35.9 Å². The zero-order chi connectivity index (χ0) is 19.5. The van der Waals surface area contributed by atoms with E-state index in [0.717, 1.165) is 31.2 Å². The van der Waals surface area contributed by atoms with Crippen LogP contribution in [0.4, 0.5) is 4.79 Å². The molecule has 0 saturated carbocycles. The van der Waals surface area contributed by atoms with Gasteiger partial charge in [0, 0.05) is 24.2 Å². The summed E-state index contributed by atoms with van der Waals surface area (Å²) in [7, 11) is 1.68.